The van der Waals surface area contributed by atoms with Crippen molar-refractivity contribution in [1.82, 2.24) is 14.8 Å². The number of hydrogen-bond acceptors (Lipinski definition) is 5. The molecule has 0 aliphatic heterocycles. The molecule has 3 aromatic carbocycles. The van der Waals surface area contributed by atoms with Crippen molar-refractivity contribution in [1.29, 1.82) is 0 Å². The van der Waals surface area contributed by atoms with Gasteiger partial charge >= 0.3 is 0 Å². The highest BCUT2D eigenvalue weighted by molar-refractivity contribution is 8.00. The first-order valence-corrected chi connectivity index (χ1v) is 11.6. The lowest BCUT2D eigenvalue weighted by molar-refractivity contribution is -0.115. The molecule has 6 nitrogen and oxygen atoms in total. The van der Waals surface area contributed by atoms with Gasteiger partial charge in [-0.3, -0.25) is 9.36 Å². The molecule has 0 fully saturated rings. The zero-order valence-corrected chi connectivity index (χ0v) is 19.5. The van der Waals surface area contributed by atoms with Crippen LogP contribution >= 0.6 is 11.8 Å². The van der Waals surface area contributed by atoms with E-state index in [9.17, 15) is 4.79 Å². The van der Waals surface area contributed by atoms with Gasteiger partial charge in [-0.05, 0) is 24.6 Å². The first kappa shape index (κ1) is 22.8. The minimum atomic E-state index is -0.498. The first-order chi connectivity index (χ1) is 16.2. The fourth-order valence-corrected chi connectivity index (χ4v) is 4.47. The standard InChI is InChI=1S/C26H26N4O2S/c1-19-13-15-22(16-14-19)27-25(31)23(20-9-5-3-6-10-20)33-26-29-28-24(30(26)17-18-32-2)21-11-7-4-8-12-21/h3-16,23H,17-18H2,1-2H3,(H,27,31)/t23-/m1/s1. The Morgan fingerprint density at radius 2 is 1.64 bits per heavy atom. The van der Waals surface area contributed by atoms with Gasteiger partial charge in [0.25, 0.3) is 0 Å². The van der Waals surface area contributed by atoms with Crippen LogP contribution in [-0.2, 0) is 16.1 Å². The van der Waals surface area contributed by atoms with Crippen molar-refractivity contribution in [3.05, 3.63) is 96.1 Å². The van der Waals surface area contributed by atoms with Gasteiger partial charge in [0.15, 0.2) is 11.0 Å². The van der Waals surface area contributed by atoms with Crippen molar-refractivity contribution in [3.63, 3.8) is 0 Å². The number of methoxy groups -OCH3 is 1. The van der Waals surface area contributed by atoms with E-state index in [1.54, 1.807) is 7.11 Å². The van der Waals surface area contributed by atoms with E-state index >= 15 is 0 Å². The number of carbonyl (C=O) groups is 1. The van der Waals surface area contributed by atoms with Crippen LogP contribution in [0.3, 0.4) is 0 Å². The van der Waals surface area contributed by atoms with E-state index in [-0.39, 0.29) is 5.91 Å². The van der Waals surface area contributed by atoms with Gasteiger partial charge in [-0.15, -0.1) is 10.2 Å². The third-order valence-electron chi connectivity index (χ3n) is 5.15. The second-order valence-corrected chi connectivity index (χ2v) is 8.65. The molecule has 0 saturated heterocycles. The Morgan fingerprint density at radius 3 is 2.30 bits per heavy atom. The summed E-state index contributed by atoms with van der Waals surface area (Å²) in [4.78, 5) is 13.4. The number of rotatable bonds is 9. The number of anilines is 1. The van der Waals surface area contributed by atoms with Crippen molar-refractivity contribution in [2.75, 3.05) is 19.0 Å². The lowest BCUT2D eigenvalue weighted by Gasteiger charge is -2.18. The van der Waals surface area contributed by atoms with Gasteiger partial charge in [0.05, 0.1) is 13.2 Å². The number of thioether (sulfide) groups is 1. The van der Waals surface area contributed by atoms with E-state index in [1.807, 2.05) is 96.4 Å². The van der Waals surface area contributed by atoms with Crippen LogP contribution in [0.25, 0.3) is 11.4 Å². The highest BCUT2D eigenvalue weighted by atomic mass is 32.2. The van der Waals surface area contributed by atoms with Crippen molar-refractivity contribution in [2.45, 2.75) is 23.9 Å². The van der Waals surface area contributed by atoms with E-state index < -0.39 is 5.25 Å². The van der Waals surface area contributed by atoms with Gasteiger partial charge < -0.3 is 10.1 Å². The Kier molecular flexibility index (Phi) is 7.55. The Bertz CT molecular complexity index is 1180. The van der Waals surface area contributed by atoms with Gasteiger partial charge in [-0.2, -0.15) is 0 Å². The third kappa shape index (κ3) is 5.69. The van der Waals surface area contributed by atoms with E-state index in [1.165, 1.54) is 11.8 Å². The molecule has 0 saturated carbocycles. The van der Waals surface area contributed by atoms with Crippen LogP contribution in [0.4, 0.5) is 5.69 Å². The average Bonchev–Trinajstić information content (AvgIpc) is 3.26. The Balaban J connectivity index is 1.66. The molecule has 1 heterocycles. The molecular formula is C26H26N4O2S. The molecule has 1 aromatic heterocycles. The highest BCUT2D eigenvalue weighted by Gasteiger charge is 2.26. The number of benzene rings is 3. The fraction of sp³-hybridized carbons (Fsp3) is 0.192. The summed E-state index contributed by atoms with van der Waals surface area (Å²) in [5.74, 6) is 0.638. The van der Waals surface area contributed by atoms with E-state index in [0.717, 1.165) is 28.2 Å². The summed E-state index contributed by atoms with van der Waals surface area (Å²) in [7, 11) is 1.67. The van der Waals surface area contributed by atoms with Crippen LogP contribution in [0.2, 0.25) is 0 Å². The highest BCUT2D eigenvalue weighted by Crippen LogP contribution is 2.37. The summed E-state index contributed by atoms with van der Waals surface area (Å²) in [5.41, 5.74) is 3.77. The molecule has 0 aliphatic carbocycles. The summed E-state index contributed by atoms with van der Waals surface area (Å²) >= 11 is 1.39. The van der Waals surface area contributed by atoms with Gasteiger partial charge in [-0.1, -0.05) is 90.1 Å². The van der Waals surface area contributed by atoms with E-state index in [0.29, 0.717) is 18.3 Å². The number of nitrogens with one attached hydrogen (secondary N) is 1. The number of nitrogens with zero attached hydrogens (tertiary/aromatic N) is 3. The first-order valence-electron chi connectivity index (χ1n) is 10.7. The minimum Gasteiger partial charge on any atom is -0.383 e. The molecule has 1 atom stereocenters. The molecule has 168 valence electrons. The van der Waals surface area contributed by atoms with Crippen LogP contribution in [0, 0.1) is 6.92 Å². The molecule has 4 aromatic rings. The van der Waals surface area contributed by atoms with Gasteiger partial charge in [0.2, 0.25) is 5.91 Å². The zero-order chi connectivity index (χ0) is 23.0. The average molecular weight is 459 g/mol. The number of amides is 1. The van der Waals surface area contributed by atoms with Crippen LogP contribution in [0.15, 0.2) is 90.1 Å². The van der Waals surface area contributed by atoms with Crippen LogP contribution in [0.1, 0.15) is 16.4 Å². The molecule has 1 amide bonds. The maximum atomic E-state index is 13.4. The van der Waals surface area contributed by atoms with Crippen molar-refractivity contribution < 1.29 is 9.53 Å². The molecule has 0 aliphatic rings. The molecule has 1 N–H and O–H groups in total. The topological polar surface area (TPSA) is 69.0 Å². The van der Waals surface area contributed by atoms with E-state index in [4.69, 9.17) is 4.74 Å². The Labute approximate surface area is 198 Å². The summed E-state index contributed by atoms with van der Waals surface area (Å²) in [5, 5.41) is 12.1. The van der Waals surface area contributed by atoms with Crippen molar-refractivity contribution in [3.8, 4) is 11.4 Å². The molecule has 0 bridgehead atoms. The molecule has 4 rings (SSSR count). The summed E-state index contributed by atoms with van der Waals surface area (Å²) in [6, 6.07) is 27.4. The normalized spacial score (nSPS) is 11.8. The lowest BCUT2D eigenvalue weighted by Crippen LogP contribution is -2.20. The smallest absolute Gasteiger partial charge is 0.242 e. The maximum absolute atomic E-state index is 13.4. The zero-order valence-electron chi connectivity index (χ0n) is 18.6. The number of ether oxygens (including phenoxy) is 1. The lowest BCUT2D eigenvalue weighted by atomic mass is 10.1. The quantitative estimate of drug-likeness (QED) is 0.342. The molecular weight excluding hydrogens is 432 g/mol. The Hall–Kier alpha value is -3.42. The van der Waals surface area contributed by atoms with Gasteiger partial charge in [0, 0.05) is 18.4 Å². The predicted molar refractivity (Wildman–Crippen MR) is 132 cm³/mol. The second kappa shape index (κ2) is 10.9. The largest absolute Gasteiger partial charge is 0.383 e. The van der Waals surface area contributed by atoms with Crippen molar-refractivity contribution in [2.24, 2.45) is 0 Å². The number of aryl methyl sites for hydroxylation is 1. The molecule has 0 unspecified atom stereocenters. The van der Waals surface area contributed by atoms with Gasteiger partial charge in [-0.25, -0.2) is 0 Å². The summed E-state index contributed by atoms with van der Waals surface area (Å²) in [6.07, 6.45) is 0. The monoisotopic (exact) mass is 458 g/mol. The van der Waals surface area contributed by atoms with Crippen LogP contribution < -0.4 is 5.32 Å². The Morgan fingerprint density at radius 1 is 0.970 bits per heavy atom. The van der Waals surface area contributed by atoms with E-state index in [2.05, 4.69) is 15.5 Å². The number of hydrogen-bond donors (Lipinski definition) is 1. The third-order valence-corrected chi connectivity index (χ3v) is 6.39. The summed E-state index contributed by atoms with van der Waals surface area (Å²) < 4.78 is 7.33. The number of aromatic nitrogens is 3. The van der Waals surface area contributed by atoms with Crippen LogP contribution in [0.5, 0.6) is 0 Å². The predicted octanol–water partition coefficient (Wildman–Crippen LogP) is 5.37. The molecule has 0 radical (unpaired) electrons. The molecule has 33 heavy (non-hydrogen) atoms. The van der Waals surface area contributed by atoms with Crippen molar-refractivity contribution >= 4 is 23.4 Å². The van der Waals surface area contributed by atoms with Crippen LogP contribution in [-0.4, -0.2) is 34.4 Å². The molecule has 0 spiro atoms. The van der Waals surface area contributed by atoms with Gasteiger partial charge in [0.1, 0.15) is 5.25 Å². The number of carbonyl (C=O) groups excluding carboxylic acids is 1. The summed E-state index contributed by atoms with van der Waals surface area (Å²) in [6.45, 7) is 3.11. The fourth-order valence-electron chi connectivity index (χ4n) is 3.41. The SMILES string of the molecule is COCCn1c(S[C@@H](C(=O)Nc2ccc(C)cc2)c2ccccc2)nnc1-c1ccccc1. The maximum Gasteiger partial charge on any atom is 0.242 e. The molecule has 7 heteroatoms. The minimum absolute atomic E-state index is 0.113. The second-order valence-electron chi connectivity index (χ2n) is 7.58.